The molecular formula is C13H26O8. The number of carboxylic acids is 1. The average Bonchev–Trinajstić information content (AvgIpc) is 2.34. The third-order valence-corrected chi connectivity index (χ3v) is 1.42. The molecule has 0 heterocycles. The molecule has 0 aromatic rings. The number of carboxylic acid groups (broad SMARTS) is 1. The van der Waals surface area contributed by atoms with E-state index in [0.717, 1.165) is 0 Å². The lowest BCUT2D eigenvalue weighted by molar-refractivity contribution is -0.141. The van der Waals surface area contributed by atoms with Crippen LogP contribution in [-0.2, 0) is 28.6 Å². The highest BCUT2D eigenvalue weighted by Crippen LogP contribution is 1.77. The minimum atomic E-state index is -1.06. The summed E-state index contributed by atoms with van der Waals surface area (Å²) in [4.78, 5) is 29.3. The average molecular weight is 310 g/mol. The van der Waals surface area contributed by atoms with Crippen LogP contribution in [0.4, 0.5) is 0 Å². The van der Waals surface area contributed by atoms with Gasteiger partial charge in [-0.25, -0.2) is 0 Å². The number of ketones is 1. The van der Waals surface area contributed by atoms with E-state index in [1.165, 1.54) is 13.8 Å². The molecule has 0 atom stereocenters. The first kappa shape index (κ1) is 24.5. The van der Waals surface area contributed by atoms with Crippen LogP contribution in [0.25, 0.3) is 0 Å². The molecule has 0 aromatic carbocycles. The van der Waals surface area contributed by atoms with E-state index in [4.69, 9.17) is 14.9 Å². The van der Waals surface area contributed by atoms with Gasteiger partial charge in [-0.15, -0.1) is 0 Å². The predicted octanol–water partition coefficient (Wildman–Crippen LogP) is 0.261. The third kappa shape index (κ3) is 45.7. The summed E-state index contributed by atoms with van der Waals surface area (Å²) >= 11 is 0. The molecule has 0 aliphatic carbocycles. The first-order chi connectivity index (χ1) is 9.81. The molecule has 0 bridgehead atoms. The van der Waals surface area contributed by atoms with Gasteiger partial charge in [-0.2, -0.15) is 0 Å². The number of ether oxygens (including phenoxy) is 3. The minimum absolute atomic E-state index is 0.0870. The number of rotatable bonds is 8. The van der Waals surface area contributed by atoms with Crippen LogP contribution in [-0.4, -0.2) is 68.1 Å². The van der Waals surface area contributed by atoms with Gasteiger partial charge in [0.25, 0.3) is 0 Å². The maximum Gasteiger partial charge on any atom is 0.310 e. The van der Waals surface area contributed by atoms with Gasteiger partial charge in [-0.1, -0.05) is 0 Å². The Bertz CT molecular complexity index is 247. The summed E-state index contributed by atoms with van der Waals surface area (Å²) in [6.07, 6.45) is -0.361. The number of aliphatic hydroxyl groups is 1. The zero-order chi connectivity index (χ0) is 17.1. The molecule has 0 spiro atoms. The molecule has 0 rings (SSSR count). The van der Waals surface area contributed by atoms with Crippen molar-refractivity contribution in [2.45, 2.75) is 27.2 Å². The fourth-order valence-corrected chi connectivity index (χ4v) is 0.725. The maximum atomic E-state index is 9.87. The first-order valence-electron chi connectivity index (χ1n) is 6.33. The van der Waals surface area contributed by atoms with E-state index in [1.54, 1.807) is 14.0 Å². The molecule has 0 unspecified atom stereocenters. The number of methoxy groups -OCH3 is 1. The number of aliphatic hydroxyl groups excluding tert-OH is 1. The Morgan fingerprint density at radius 2 is 1.62 bits per heavy atom. The van der Waals surface area contributed by atoms with Crippen LogP contribution in [0.1, 0.15) is 27.2 Å². The second-order valence-corrected chi connectivity index (χ2v) is 3.53. The number of hydrogen-bond acceptors (Lipinski definition) is 7. The van der Waals surface area contributed by atoms with Crippen molar-refractivity contribution in [3.05, 3.63) is 0 Å². The van der Waals surface area contributed by atoms with Gasteiger partial charge in [-0.3, -0.25) is 14.4 Å². The second kappa shape index (κ2) is 20.8. The molecule has 0 amide bonds. The van der Waals surface area contributed by atoms with Gasteiger partial charge in [-0.05, 0) is 13.8 Å². The van der Waals surface area contributed by atoms with Crippen LogP contribution in [0.5, 0.6) is 0 Å². The zero-order valence-corrected chi connectivity index (χ0v) is 13.1. The highest BCUT2D eigenvalue weighted by atomic mass is 16.5. The summed E-state index contributed by atoms with van der Waals surface area (Å²) in [5.41, 5.74) is 0. The summed E-state index contributed by atoms with van der Waals surface area (Å²) in [6.45, 7) is 6.55. The Labute approximate surface area is 125 Å². The number of esters is 1. The zero-order valence-electron chi connectivity index (χ0n) is 13.1. The van der Waals surface area contributed by atoms with Gasteiger partial charge >= 0.3 is 11.9 Å². The van der Waals surface area contributed by atoms with Crippen molar-refractivity contribution < 1.29 is 38.8 Å². The van der Waals surface area contributed by atoms with Crippen molar-refractivity contribution in [2.75, 3.05) is 40.1 Å². The fraction of sp³-hybridized carbons (Fsp3) is 0.769. The number of Topliss-reactive ketones (excluding diaryl/α,β-unsaturated/α-hetero) is 1. The Hall–Kier alpha value is -1.51. The topological polar surface area (TPSA) is 119 Å². The van der Waals surface area contributed by atoms with Gasteiger partial charge < -0.3 is 24.4 Å². The van der Waals surface area contributed by atoms with Crippen LogP contribution >= 0.6 is 0 Å². The maximum absolute atomic E-state index is 9.87. The largest absolute Gasteiger partial charge is 0.481 e. The number of carbonyl (C=O) groups excluding carboxylic acids is 2. The summed E-state index contributed by atoms with van der Waals surface area (Å²) in [5.74, 6) is -1.59. The highest BCUT2D eigenvalue weighted by Gasteiger charge is 1.98. The molecule has 126 valence electrons. The van der Waals surface area contributed by atoms with Crippen molar-refractivity contribution in [2.24, 2.45) is 0 Å². The van der Waals surface area contributed by atoms with Gasteiger partial charge in [0.2, 0.25) is 0 Å². The molecule has 0 aliphatic heterocycles. The number of aliphatic carboxylic acids is 1. The minimum Gasteiger partial charge on any atom is -0.481 e. The standard InChI is InChI=1S/C5H12O3.C4H6O3.C4H8O2/c1-7-4-5-8-3-2-6;1-3(5)2-4(6)7;1-3-6-4(2)5/h6H,2-5H2,1H3;2H2,1H3,(H,6,7);3H2,1-2H3. The van der Waals surface area contributed by atoms with Crippen LogP contribution in [0, 0.1) is 0 Å². The lowest BCUT2D eigenvalue weighted by Crippen LogP contribution is -2.05. The molecule has 0 radical (unpaired) electrons. The molecule has 0 aromatic heterocycles. The van der Waals surface area contributed by atoms with Crippen molar-refractivity contribution >= 4 is 17.7 Å². The Morgan fingerprint density at radius 1 is 1.05 bits per heavy atom. The summed E-state index contributed by atoms with van der Waals surface area (Å²) in [6, 6.07) is 0. The first-order valence-corrected chi connectivity index (χ1v) is 6.33. The third-order valence-electron chi connectivity index (χ3n) is 1.42. The second-order valence-electron chi connectivity index (χ2n) is 3.53. The van der Waals surface area contributed by atoms with Crippen molar-refractivity contribution in [1.82, 2.24) is 0 Å². The van der Waals surface area contributed by atoms with Crippen LogP contribution < -0.4 is 0 Å². The SMILES string of the molecule is CC(=O)CC(=O)O.CCOC(C)=O.COCCOCCO. The summed E-state index contributed by atoms with van der Waals surface area (Å²) in [7, 11) is 1.61. The normalized spacial score (nSPS) is 8.62. The Morgan fingerprint density at radius 3 is 1.81 bits per heavy atom. The van der Waals surface area contributed by atoms with E-state index >= 15 is 0 Å². The van der Waals surface area contributed by atoms with Crippen molar-refractivity contribution in [1.29, 1.82) is 0 Å². The van der Waals surface area contributed by atoms with E-state index in [-0.39, 0.29) is 24.8 Å². The molecule has 0 aliphatic rings. The van der Waals surface area contributed by atoms with Gasteiger partial charge in [0.1, 0.15) is 12.2 Å². The summed E-state index contributed by atoms with van der Waals surface area (Å²) < 4.78 is 13.9. The molecule has 0 fully saturated rings. The van der Waals surface area contributed by atoms with Gasteiger partial charge in [0.05, 0.1) is 33.0 Å². The van der Waals surface area contributed by atoms with E-state index in [2.05, 4.69) is 9.47 Å². The number of hydrogen-bond donors (Lipinski definition) is 2. The van der Waals surface area contributed by atoms with Crippen molar-refractivity contribution in [3.8, 4) is 0 Å². The lowest BCUT2D eigenvalue weighted by atomic mass is 10.3. The predicted molar refractivity (Wildman–Crippen MR) is 75.0 cm³/mol. The smallest absolute Gasteiger partial charge is 0.310 e. The van der Waals surface area contributed by atoms with Crippen LogP contribution in [0.3, 0.4) is 0 Å². The lowest BCUT2D eigenvalue weighted by Gasteiger charge is -1.98. The van der Waals surface area contributed by atoms with Gasteiger partial charge in [0.15, 0.2) is 0 Å². The molecular weight excluding hydrogens is 284 g/mol. The van der Waals surface area contributed by atoms with E-state index in [9.17, 15) is 14.4 Å². The molecule has 21 heavy (non-hydrogen) atoms. The quantitative estimate of drug-likeness (QED) is 0.372. The monoisotopic (exact) mass is 310 g/mol. The van der Waals surface area contributed by atoms with Gasteiger partial charge in [0, 0.05) is 14.0 Å². The van der Waals surface area contributed by atoms with E-state index in [1.807, 2.05) is 0 Å². The molecule has 8 nitrogen and oxygen atoms in total. The van der Waals surface area contributed by atoms with E-state index < -0.39 is 5.97 Å². The van der Waals surface area contributed by atoms with Crippen LogP contribution in [0.2, 0.25) is 0 Å². The van der Waals surface area contributed by atoms with Crippen LogP contribution in [0.15, 0.2) is 0 Å². The van der Waals surface area contributed by atoms with E-state index in [0.29, 0.717) is 26.4 Å². The van der Waals surface area contributed by atoms with Crippen molar-refractivity contribution in [3.63, 3.8) is 0 Å². The summed E-state index contributed by atoms with van der Waals surface area (Å²) in [5, 5.41) is 16.1. The fourth-order valence-electron chi connectivity index (χ4n) is 0.725. The molecule has 0 saturated carbocycles. The Kier molecular flexibility index (Phi) is 24.3. The number of carbonyl (C=O) groups is 3. The molecule has 2 N–H and O–H groups in total. The molecule has 8 heteroatoms. The highest BCUT2D eigenvalue weighted by molar-refractivity contribution is 5.93. The Balaban J connectivity index is -0.000000234. The molecule has 0 saturated heterocycles.